The molecule has 1 aromatic rings. The average molecular weight is 375 g/mol. The molecule has 2 fully saturated rings. The molecule has 0 aromatic heterocycles. The first kappa shape index (κ1) is 17.5. The van der Waals surface area contributed by atoms with Gasteiger partial charge in [0.05, 0.1) is 7.11 Å². The molecule has 4 rings (SSSR count). The third-order valence-electron chi connectivity index (χ3n) is 6.00. The van der Waals surface area contributed by atoms with Gasteiger partial charge in [-0.25, -0.2) is 4.79 Å². The van der Waals surface area contributed by atoms with Crippen LogP contribution in [0.2, 0.25) is 0 Å². The van der Waals surface area contributed by atoms with Gasteiger partial charge in [-0.05, 0) is 67.2 Å². The number of amides is 1. The second kappa shape index (κ2) is 7.04. The number of rotatable bonds is 3. The number of fused-ring (bicyclic) bond motifs is 3. The Bertz CT molecular complexity index is 726. The maximum Gasteiger partial charge on any atom is 0.413 e. The van der Waals surface area contributed by atoms with E-state index in [1.807, 2.05) is 0 Å². The van der Waals surface area contributed by atoms with Crippen molar-refractivity contribution in [3.05, 3.63) is 29.3 Å². The Morgan fingerprint density at radius 3 is 2.88 bits per heavy atom. The Labute approximate surface area is 159 Å². The fraction of sp³-hybridized carbons (Fsp3) is 0.579. The molecule has 0 saturated carbocycles. The summed E-state index contributed by atoms with van der Waals surface area (Å²) >= 11 is 5.36. The number of carboxylic acid groups (broad SMARTS) is 1. The van der Waals surface area contributed by atoms with Crippen LogP contribution in [0.25, 0.3) is 0 Å². The van der Waals surface area contributed by atoms with Gasteiger partial charge < -0.3 is 14.7 Å². The van der Waals surface area contributed by atoms with Crippen molar-refractivity contribution in [3.8, 4) is 5.75 Å². The van der Waals surface area contributed by atoms with Gasteiger partial charge >= 0.3 is 6.09 Å². The van der Waals surface area contributed by atoms with Crippen LogP contribution < -0.4 is 4.74 Å². The molecule has 7 heteroatoms. The fourth-order valence-electron chi connectivity index (χ4n) is 4.60. The van der Waals surface area contributed by atoms with Crippen molar-refractivity contribution in [1.82, 2.24) is 14.7 Å². The lowest BCUT2D eigenvalue weighted by Gasteiger charge is -2.44. The lowest BCUT2D eigenvalue weighted by Crippen LogP contribution is -2.44. The number of ether oxygens (including phenoxy) is 1. The first-order valence-corrected chi connectivity index (χ1v) is 9.68. The number of piperidine rings is 1. The third kappa shape index (κ3) is 3.14. The molecule has 6 nitrogen and oxygen atoms in total. The summed E-state index contributed by atoms with van der Waals surface area (Å²) in [6, 6.07) is 6.92. The van der Waals surface area contributed by atoms with Gasteiger partial charge in [-0.15, -0.1) is 0 Å². The summed E-state index contributed by atoms with van der Waals surface area (Å²) in [5.74, 6) is 1.47. The maximum absolute atomic E-state index is 11.2. The van der Waals surface area contributed by atoms with Crippen LogP contribution in [-0.2, 0) is 6.42 Å². The predicted molar refractivity (Wildman–Crippen MR) is 103 cm³/mol. The SMILES string of the molecule is COc1ccc2c(c1)CCN1CCC(CN3CCN(C(=O)O)C3=S)CC21. The minimum Gasteiger partial charge on any atom is -0.497 e. The van der Waals surface area contributed by atoms with Gasteiger partial charge in [-0.3, -0.25) is 9.80 Å². The monoisotopic (exact) mass is 375 g/mol. The minimum absolute atomic E-state index is 0.454. The summed E-state index contributed by atoms with van der Waals surface area (Å²) < 4.78 is 5.38. The molecule has 1 amide bonds. The Kier molecular flexibility index (Phi) is 4.75. The zero-order valence-electron chi connectivity index (χ0n) is 15.1. The molecule has 26 heavy (non-hydrogen) atoms. The molecule has 0 radical (unpaired) electrons. The average Bonchev–Trinajstić information content (AvgIpc) is 3.01. The molecule has 3 heterocycles. The van der Waals surface area contributed by atoms with Gasteiger partial charge in [0.2, 0.25) is 0 Å². The molecule has 0 aliphatic carbocycles. The van der Waals surface area contributed by atoms with E-state index >= 15 is 0 Å². The molecule has 2 atom stereocenters. The Morgan fingerprint density at radius 1 is 1.31 bits per heavy atom. The topological polar surface area (TPSA) is 56.2 Å². The first-order valence-electron chi connectivity index (χ1n) is 9.27. The van der Waals surface area contributed by atoms with E-state index in [1.165, 1.54) is 16.0 Å². The first-order chi connectivity index (χ1) is 12.6. The van der Waals surface area contributed by atoms with Crippen LogP contribution in [0.1, 0.15) is 30.0 Å². The quantitative estimate of drug-likeness (QED) is 0.820. The van der Waals surface area contributed by atoms with Crippen molar-refractivity contribution in [2.75, 3.05) is 39.8 Å². The zero-order chi connectivity index (χ0) is 18.3. The van der Waals surface area contributed by atoms with E-state index < -0.39 is 6.09 Å². The van der Waals surface area contributed by atoms with Crippen molar-refractivity contribution < 1.29 is 14.6 Å². The summed E-state index contributed by atoms with van der Waals surface area (Å²) in [5, 5.41) is 9.67. The lowest BCUT2D eigenvalue weighted by molar-refractivity contribution is 0.0945. The summed E-state index contributed by atoms with van der Waals surface area (Å²) in [5.41, 5.74) is 2.83. The minimum atomic E-state index is -0.942. The Morgan fingerprint density at radius 2 is 2.15 bits per heavy atom. The van der Waals surface area contributed by atoms with E-state index in [0.29, 0.717) is 30.2 Å². The van der Waals surface area contributed by atoms with E-state index in [9.17, 15) is 9.90 Å². The van der Waals surface area contributed by atoms with Gasteiger partial charge in [-0.2, -0.15) is 0 Å². The summed E-state index contributed by atoms with van der Waals surface area (Å²) in [6.07, 6.45) is 2.39. The van der Waals surface area contributed by atoms with Crippen LogP contribution in [0.3, 0.4) is 0 Å². The van der Waals surface area contributed by atoms with Gasteiger partial charge in [-0.1, -0.05) is 6.07 Å². The molecule has 3 aliphatic heterocycles. The van der Waals surface area contributed by atoms with Crippen LogP contribution in [-0.4, -0.2) is 70.8 Å². The summed E-state index contributed by atoms with van der Waals surface area (Å²) in [4.78, 5) is 17.2. The molecular weight excluding hydrogens is 350 g/mol. The Hall–Kier alpha value is -1.86. The van der Waals surface area contributed by atoms with E-state index in [4.69, 9.17) is 17.0 Å². The van der Waals surface area contributed by atoms with E-state index in [2.05, 4.69) is 28.0 Å². The van der Waals surface area contributed by atoms with Gasteiger partial charge in [0, 0.05) is 32.2 Å². The highest BCUT2D eigenvalue weighted by atomic mass is 32.1. The fourth-order valence-corrected chi connectivity index (χ4v) is 4.94. The van der Waals surface area contributed by atoms with Crippen LogP contribution in [0.5, 0.6) is 5.75 Å². The second-order valence-corrected chi connectivity index (χ2v) is 7.78. The van der Waals surface area contributed by atoms with Crippen LogP contribution >= 0.6 is 12.2 Å². The molecule has 0 bridgehead atoms. The summed E-state index contributed by atoms with van der Waals surface area (Å²) in [6.45, 7) is 4.26. The molecule has 1 N–H and O–H groups in total. The highest BCUT2D eigenvalue weighted by molar-refractivity contribution is 7.80. The standard InChI is InChI=1S/C19H25N3O3S/c1-25-15-2-3-16-14(11-15)5-7-20-6-4-13(10-17(16)20)12-21-8-9-22(18(21)26)19(23)24/h2-3,11,13,17H,4-10,12H2,1H3,(H,23,24). The normalized spacial score (nSPS) is 25.8. The number of hydrogen-bond acceptors (Lipinski definition) is 4. The van der Waals surface area contributed by atoms with Crippen molar-refractivity contribution in [3.63, 3.8) is 0 Å². The van der Waals surface area contributed by atoms with Crippen LogP contribution in [0, 0.1) is 5.92 Å². The number of carbonyl (C=O) groups is 1. The van der Waals surface area contributed by atoms with Crippen LogP contribution in [0.4, 0.5) is 4.79 Å². The highest BCUT2D eigenvalue weighted by Gasteiger charge is 2.36. The lowest BCUT2D eigenvalue weighted by atomic mass is 9.82. The third-order valence-corrected chi connectivity index (χ3v) is 6.48. The van der Waals surface area contributed by atoms with Crippen LogP contribution in [0.15, 0.2) is 18.2 Å². The Balaban J connectivity index is 1.46. The number of nitrogens with zero attached hydrogens (tertiary/aromatic N) is 3. The largest absolute Gasteiger partial charge is 0.497 e. The van der Waals surface area contributed by atoms with Crippen molar-refractivity contribution >= 4 is 23.4 Å². The molecule has 2 saturated heterocycles. The molecule has 1 aromatic carbocycles. The van der Waals surface area contributed by atoms with Crippen molar-refractivity contribution in [2.45, 2.75) is 25.3 Å². The van der Waals surface area contributed by atoms with E-state index in [-0.39, 0.29) is 0 Å². The second-order valence-electron chi connectivity index (χ2n) is 7.42. The molecule has 0 spiro atoms. The number of benzene rings is 1. The number of thiocarbonyl (C=S) groups is 1. The van der Waals surface area contributed by atoms with Gasteiger partial charge in [0.25, 0.3) is 0 Å². The molecular formula is C19H25N3O3S. The van der Waals surface area contributed by atoms with Crippen molar-refractivity contribution in [1.29, 1.82) is 0 Å². The van der Waals surface area contributed by atoms with Gasteiger partial charge in [0.15, 0.2) is 5.11 Å². The smallest absolute Gasteiger partial charge is 0.413 e. The van der Waals surface area contributed by atoms with Crippen molar-refractivity contribution in [2.24, 2.45) is 5.92 Å². The highest BCUT2D eigenvalue weighted by Crippen LogP contribution is 2.40. The number of methoxy groups -OCH3 is 1. The maximum atomic E-state index is 11.2. The van der Waals surface area contributed by atoms with E-state index in [0.717, 1.165) is 44.6 Å². The zero-order valence-corrected chi connectivity index (χ0v) is 15.9. The molecule has 140 valence electrons. The predicted octanol–water partition coefficient (Wildman–Crippen LogP) is 2.58. The number of hydrogen-bond donors (Lipinski definition) is 1. The van der Waals surface area contributed by atoms with E-state index in [1.54, 1.807) is 7.11 Å². The summed E-state index contributed by atoms with van der Waals surface area (Å²) in [7, 11) is 1.72. The molecule has 2 unspecified atom stereocenters. The van der Waals surface area contributed by atoms with Gasteiger partial charge in [0.1, 0.15) is 5.75 Å². The molecule has 3 aliphatic rings.